The number of likely N-dealkylation sites (tertiary alicyclic amines) is 1. The molecule has 0 spiro atoms. The molecule has 1 saturated heterocycles. The number of para-hydroxylation sites is 1. The number of rotatable bonds is 7. The maximum absolute atomic E-state index is 9.89. The highest BCUT2D eigenvalue weighted by atomic mass is 16.3. The van der Waals surface area contributed by atoms with Gasteiger partial charge in [-0.15, -0.1) is 10.2 Å². The quantitative estimate of drug-likeness (QED) is 0.423. The van der Waals surface area contributed by atoms with Crippen LogP contribution >= 0.6 is 0 Å². The van der Waals surface area contributed by atoms with Crippen molar-refractivity contribution in [3.05, 3.63) is 42.0 Å². The average molecular weight is 386 g/mol. The number of benzene rings is 1. The SMILES string of the molecule is Cc1nnc(CN=C(NCCCN(C)c2ccccc2)N2CC[C@@H](O)C2)n1C. The largest absolute Gasteiger partial charge is 0.391 e. The summed E-state index contributed by atoms with van der Waals surface area (Å²) in [5.74, 6) is 2.54. The third-order valence-corrected chi connectivity index (χ3v) is 5.17. The molecule has 2 aromatic rings. The fraction of sp³-hybridized carbons (Fsp3) is 0.550. The molecule has 0 aliphatic carbocycles. The van der Waals surface area contributed by atoms with Crippen LogP contribution in [0.1, 0.15) is 24.5 Å². The summed E-state index contributed by atoms with van der Waals surface area (Å²) in [7, 11) is 4.06. The summed E-state index contributed by atoms with van der Waals surface area (Å²) in [6.45, 7) is 5.60. The van der Waals surface area contributed by atoms with Crippen molar-refractivity contribution in [1.82, 2.24) is 25.0 Å². The Morgan fingerprint density at radius 2 is 2.11 bits per heavy atom. The van der Waals surface area contributed by atoms with Crippen molar-refractivity contribution in [1.29, 1.82) is 0 Å². The van der Waals surface area contributed by atoms with Crippen molar-refractivity contribution in [2.45, 2.75) is 32.4 Å². The predicted molar refractivity (Wildman–Crippen MR) is 111 cm³/mol. The van der Waals surface area contributed by atoms with Crippen molar-refractivity contribution in [2.24, 2.45) is 12.0 Å². The van der Waals surface area contributed by atoms with E-state index >= 15 is 0 Å². The van der Waals surface area contributed by atoms with Crippen LogP contribution in [-0.4, -0.2) is 70.1 Å². The Balaban J connectivity index is 1.55. The first-order valence-corrected chi connectivity index (χ1v) is 9.87. The molecular formula is C20H31N7O. The molecule has 8 nitrogen and oxygen atoms in total. The first-order chi connectivity index (χ1) is 13.5. The highest BCUT2D eigenvalue weighted by Gasteiger charge is 2.23. The minimum Gasteiger partial charge on any atom is -0.391 e. The van der Waals surface area contributed by atoms with Crippen molar-refractivity contribution in [3.63, 3.8) is 0 Å². The van der Waals surface area contributed by atoms with Crippen LogP contribution in [-0.2, 0) is 13.6 Å². The molecule has 2 heterocycles. The number of aryl methyl sites for hydroxylation is 1. The summed E-state index contributed by atoms with van der Waals surface area (Å²) in [5, 5.41) is 21.6. The molecule has 1 aromatic carbocycles. The standard InChI is InChI=1S/C20H31N7O/c1-16-23-24-19(26(16)3)14-22-20(27-13-10-18(28)15-27)21-11-7-12-25(2)17-8-5-4-6-9-17/h4-6,8-9,18,28H,7,10-15H2,1-3H3,(H,21,22)/t18-/m1/s1. The maximum Gasteiger partial charge on any atom is 0.194 e. The molecule has 28 heavy (non-hydrogen) atoms. The number of nitrogens with zero attached hydrogens (tertiary/aromatic N) is 6. The smallest absolute Gasteiger partial charge is 0.194 e. The zero-order valence-electron chi connectivity index (χ0n) is 17.0. The van der Waals surface area contributed by atoms with Crippen LogP contribution in [0, 0.1) is 6.92 Å². The minimum absolute atomic E-state index is 0.284. The van der Waals surface area contributed by atoms with Crippen molar-refractivity contribution >= 4 is 11.6 Å². The third-order valence-electron chi connectivity index (χ3n) is 5.17. The van der Waals surface area contributed by atoms with Gasteiger partial charge >= 0.3 is 0 Å². The molecule has 1 atom stereocenters. The van der Waals surface area contributed by atoms with Crippen LogP contribution in [0.3, 0.4) is 0 Å². The van der Waals surface area contributed by atoms with Gasteiger partial charge in [-0.05, 0) is 31.9 Å². The van der Waals surface area contributed by atoms with Gasteiger partial charge in [-0.3, -0.25) is 0 Å². The van der Waals surface area contributed by atoms with Crippen LogP contribution in [0.4, 0.5) is 5.69 Å². The lowest BCUT2D eigenvalue weighted by Crippen LogP contribution is -2.41. The highest BCUT2D eigenvalue weighted by molar-refractivity contribution is 5.80. The van der Waals surface area contributed by atoms with Gasteiger partial charge in [0.2, 0.25) is 0 Å². The molecule has 1 fully saturated rings. The van der Waals surface area contributed by atoms with E-state index in [9.17, 15) is 5.11 Å². The molecule has 2 N–H and O–H groups in total. The van der Waals surface area contributed by atoms with Gasteiger partial charge in [0.05, 0.1) is 6.10 Å². The number of hydrogen-bond acceptors (Lipinski definition) is 5. The lowest BCUT2D eigenvalue weighted by atomic mass is 10.3. The summed E-state index contributed by atoms with van der Waals surface area (Å²) in [6.07, 6.45) is 1.48. The second kappa shape index (κ2) is 9.54. The third kappa shape index (κ3) is 5.22. The lowest BCUT2D eigenvalue weighted by Gasteiger charge is -2.23. The summed E-state index contributed by atoms with van der Waals surface area (Å²) in [4.78, 5) is 9.11. The Hall–Kier alpha value is -2.61. The zero-order valence-corrected chi connectivity index (χ0v) is 17.0. The molecule has 1 aliphatic heterocycles. The Labute approximate surface area is 166 Å². The monoisotopic (exact) mass is 385 g/mol. The molecule has 3 rings (SSSR count). The van der Waals surface area contributed by atoms with E-state index in [0.29, 0.717) is 13.1 Å². The number of aliphatic imine (C=N–C) groups is 1. The first kappa shape index (κ1) is 20.1. The van der Waals surface area contributed by atoms with Crippen LogP contribution in [0.25, 0.3) is 0 Å². The number of anilines is 1. The number of guanidine groups is 1. The van der Waals surface area contributed by atoms with Gasteiger partial charge in [-0.2, -0.15) is 0 Å². The van der Waals surface area contributed by atoms with E-state index in [1.54, 1.807) is 0 Å². The maximum atomic E-state index is 9.89. The van der Waals surface area contributed by atoms with E-state index in [1.807, 2.05) is 24.6 Å². The highest BCUT2D eigenvalue weighted by Crippen LogP contribution is 2.12. The molecule has 8 heteroatoms. The van der Waals surface area contributed by atoms with E-state index in [0.717, 1.165) is 50.1 Å². The topological polar surface area (TPSA) is 81.8 Å². The van der Waals surface area contributed by atoms with Crippen LogP contribution in [0.5, 0.6) is 0 Å². The van der Waals surface area contributed by atoms with Crippen molar-refractivity contribution in [3.8, 4) is 0 Å². The molecule has 0 bridgehead atoms. The molecular weight excluding hydrogens is 354 g/mol. The van der Waals surface area contributed by atoms with Gasteiger partial charge in [-0.25, -0.2) is 4.99 Å². The summed E-state index contributed by atoms with van der Waals surface area (Å²) in [6, 6.07) is 10.4. The van der Waals surface area contributed by atoms with Crippen molar-refractivity contribution < 1.29 is 5.11 Å². The van der Waals surface area contributed by atoms with Gasteiger partial charge in [0.15, 0.2) is 11.8 Å². The van der Waals surface area contributed by atoms with Crippen molar-refractivity contribution in [2.75, 3.05) is 38.1 Å². The second-order valence-electron chi connectivity index (χ2n) is 7.29. The zero-order chi connectivity index (χ0) is 19.9. The molecule has 0 radical (unpaired) electrons. The molecule has 1 aliphatic rings. The number of nitrogens with one attached hydrogen (secondary N) is 1. The van der Waals surface area contributed by atoms with Crippen LogP contribution < -0.4 is 10.2 Å². The minimum atomic E-state index is -0.284. The van der Waals surface area contributed by atoms with Gasteiger partial charge in [0.1, 0.15) is 12.4 Å². The Kier molecular flexibility index (Phi) is 6.86. The second-order valence-corrected chi connectivity index (χ2v) is 7.29. The van der Waals surface area contributed by atoms with E-state index in [1.165, 1.54) is 5.69 Å². The van der Waals surface area contributed by atoms with Gasteiger partial charge in [0.25, 0.3) is 0 Å². The van der Waals surface area contributed by atoms with Gasteiger partial charge < -0.3 is 24.8 Å². The van der Waals surface area contributed by atoms with E-state index in [2.05, 4.69) is 56.6 Å². The number of aliphatic hydroxyl groups is 1. The number of aliphatic hydroxyl groups excluding tert-OH is 1. The number of hydrogen-bond donors (Lipinski definition) is 2. The fourth-order valence-corrected chi connectivity index (χ4v) is 3.26. The number of aromatic nitrogens is 3. The van der Waals surface area contributed by atoms with Crippen LogP contribution in [0.2, 0.25) is 0 Å². The Morgan fingerprint density at radius 3 is 2.75 bits per heavy atom. The van der Waals surface area contributed by atoms with Gasteiger partial charge in [-0.1, -0.05) is 18.2 Å². The molecule has 1 aromatic heterocycles. The average Bonchev–Trinajstić information content (AvgIpc) is 3.28. The Bertz CT molecular complexity index is 774. The Morgan fingerprint density at radius 1 is 1.32 bits per heavy atom. The summed E-state index contributed by atoms with van der Waals surface area (Å²) < 4.78 is 1.95. The molecule has 0 saturated carbocycles. The van der Waals surface area contributed by atoms with E-state index in [-0.39, 0.29) is 6.10 Å². The van der Waals surface area contributed by atoms with Crippen LogP contribution in [0.15, 0.2) is 35.3 Å². The lowest BCUT2D eigenvalue weighted by molar-refractivity contribution is 0.187. The first-order valence-electron chi connectivity index (χ1n) is 9.87. The number of β-amino-alcohol motifs (C(OH)–C–C–N with tert-alkyl or cyclic N) is 1. The predicted octanol–water partition coefficient (Wildman–Crippen LogP) is 1.16. The van der Waals surface area contributed by atoms with E-state index < -0.39 is 0 Å². The normalized spacial score (nSPS) is 17.2. The molecule has 0 unspecified atom stereocenters. The van der Waals surface area contributed by atoms with Gasteiger partial charge in [0, 0.05) is 46.0 Å². The molecule has 0 amide bonds. The molecule has 152 valence electrons. The summed E-state index contributed by atoms with van der Waals surface area (Å²) >= 11 is 0. The van der Waals surface area contributed by atoms with E-state index in [4.69, 9.17) is 4.99 Å². The fourth-order valence-electron chi connectivity index (χ4n) is 3.26. The summed E-state index contributed by atoms with van der Waals surface area (Å²) in [5.41, 5.74) is 1.22.